The van der Waals surface area contributed by atoms with Crippen LogP contribution >= 0.6 is 11.3 Å². The second-order valence-corrected chi connectivity index (χ2v) is 8.17. The fourth-order valence-electron chi connectivity index (χ4n) is 3.66. The van der Waals surface area contributed by atoms with Crippen molar-refractivity contribution in [3.8, 4) is 10.6 Å². The molecule has 26 heavy (non-hydrogen) atoms. The van der Waals surface area contributed by atoms with Gasteiger partial charge in [0.1, 0.15) is 0 Å². The van der Waals surface area contributed by atoms with Gasteiger partial charge in [0.25, 0.3) is 0 Å². The average molecular weight is 368 g/mol. The van der Waals surface area contributed by atoms with Gasteiger partial charge in [-0.1, -0.05) is 18.2 Å². The minimum atomic E-state index is 0.208. The molecular weight excluding hydrogens is 342 g/mol. The van der Waals surface area contributed by atoms with Crippen molar-refractivity contribution in [1.82, 2.24) is 14.8 Å². The Hall–Kier alpha value is -1.79. The van der Waals surface area contributed by atoms with Crippen LogP contribution in [0.1, 0.15) is 11.1 Å². The second kappa shape index (κ2) is 7.45. The van der Waals surface area contributed by atoms with Gasteiger partial charge in [0.15, 0.2) is 0 Å². The number of fused-ring (bicyclic) bond motifs is 1. The topological polar surface area (TPSA) is 39.6 Å². The zero-order chi connectivity index (χ0) is 18.1. The molecule has 1 aromatic carbocycles. The number of nitrogens with zero attached hydrogens (tertiary/aromatic N) is 3. The molecule has 0 amide bonds. The largest absolute Gasteiger partial charge is 0.395 e. The Morgan fingerprint density at radius 2 is 2.12 bits per heavy atom. The number of aromatic nitrogens is 1. The van der Waals surface area contributed by atoms with Gasteiger partial charge in [-0.3, -0.25) is 9.80 Å². The summed E-state index contributed by atoms with van der Waals surface area (Å²) in [5.74, 6) is 0. The first-order valence-electron chi connectivity index (χ1n) is 9.11. The van der Waals surface area contributed by atoms with E-state index < -0.39 is 0 Å². The smallest absolute Gasteiger partial charge is 0.0854 e. The lowest BCUT2D eigenvalue weighted by Gasteiger charge is -2.38. The quantitative estimate of drug-likeness (QED) is 0.767. The van der Waals surface area contributed by atoms with Gasteiger partial charge in [-0.05, 0) is 48.7 Å². The second-order valence-electron chi connectivity index (χ2n) is 7.22. The Labute approximate surface area is 158 Å². The van der Waals surface area contributed by atoms with Crippen molar-refractivity contribution in [1.29, 1.82) is 0 Å². The summed E-state index contributed by atoms with van der Waals surface area (Å²) >= 11 is 1.74. The molecular formula is C21H25N3OS. The molecule has 5 heteroatoms. The van der Waals surface area contributed by atoms with E-state index >= 15 is 0 Å². The van der Waals surface area contributed by atoms with E-state index in [9.17, 15) is 5.11 Å². The predicted molar refractivity (Wildman–Crippen MR) is 109 cm³/mol. The van der Waals surface area contributed by atoms with Gasteiger partial charge in [-0.15, -0.1) is 11.3 Å². The van der Waals surface area contributed by atoms with Crippen molar-refractivity contribution in [3.63, 3.8) is 0 Å². The lowest BCUT2D eigenvalue weighted by atomic mass is 10.0. The maximum atomic E-state index is 9.64. The van der Waals surface area contributed by atoms with Crippen LogP contribution in [0.15, 0.2) is 41.8 Å². The summed E-state index contributed by atoms with van der Waals surface area (Å²) in [6.45, 7) is 6.08. The van der Waals surface area contributed by atoms with Crippen LogP contribution < -0.4 is 0 Å². The highest BCUT2D eigenvalue weighted by Gasteiger charge is 2.24. The number of pyridine rings is 1. The first-order valence-corrected chi connectivity index (χ1v) is 9.99. The molecule has 1 saturated heterocycles. The Morgan fingerprint density at radius 3 is 2.88 bits per heavy atom. The SMILES string of the molecule is Cc1ccc2cc(CN3CCN(C)[C@H](CO)C3)c(-c3cccs3)nc2c1. The number of piperazine rings is 1. The number of thiophene rings is 1. The van der Waals surface area contributed by atoms with Crippen molar-refractivity contribution in [2.24, 2.45) is 0 Å². The third-order valence-electron chi connectivity index (χ3n) is 5.27. The normalized spacial score (nSPS) is 19.3. The fourth-order valence-corrected chi connectivity index (χ4v) is 4.41. The third kappa shape index (κ3) is 3.53. The molecule has 1 fully saturated rings. The van der Waals surface area contributed by atoms with Crippen LogP contribution in [0, 0.1) is 6.92 Å². The molecule has 4 rings (SSSR count). The van der Waals surface area contributed by atoms with Crippen LogP contribution in [0.4, 0.5) is 0 Å². The van der Waals surface area contributed by atoms with Gasteiger partial charge < -0.3 is 5.11 Å². The van der Waals surface area contributed by atoms with Crippen LogP contribution in [0.25, 0.3) is 21.5 Å². The molecule has 1 atom stereocenters. The van der Waals surface area contributed by atoms with Gasteiger partial charge in [0, 0.05) is 37.6 Å². The fraction of sp³-hybridized carbons (Fsp3) is 0.381. The number of hydrogen-bond donors (Lipinski definition) is 1. The van der Waals surface area contributed by atoms with Crippen molar-refractivity contribution in [2.45, 2.75) is 19.5 Å². The van der Waals surface area contributed by atoms with E-state index in [0.717, 1.165) is 37.4 Å². The van der Waals surface area contributed by atoms with Crippen molar-refractivity contribution in [3.05, 3.63) is 52.9 Å². The van der Waals surface area contributed by atoms with Gasteiger partial charge in [0.2, 0.25) is 0 Å². The minimum Gasteiger partial charge on any atom is -0.395 e. The van der Waals surface area contributed by atoms with Crippen molar-refractivity contribution >= 4 is 22.2 Å². The molecule has 0 spiro atoms. The number of rotatable bonds is 4. The molecule has 1 aliphatic heterocycles. The molecule has 3 heterocycles. The summed E-state index contributed by atoms with van der Waals surface area (Å²) in [6, 6.07) is 13.2. The number of aliphatic hydroxyl groups is 1. The maximum absolute atomic E-state index is 9.64. The zero-order valence-electron chi connectivity index (χ0n) is 15.4. The average Bonchev–Trinajstić information content (AvgIpc) is 3.17. The van der Waals surface area contributed by atoms with Gasteiger partial charge >= 0.3 is 0 Å². The summed E-state index contributed by atoms with van der Waals surface area (Å²) in [4.78, 5) is 10.9. The predicted octanol–water partition coefficient (Wildman–Crippen LogP) is 3.38. The summed E-state index contributed by atoms with van der Waals surface area (Å²) in [5.41, 5.74) is 4.66. The Kier molecular flexibility index (Phi) is 5.05. The summed E-state index contributed by atoms with van der Waals surface area (Å²) in [7, 11) is 2.09. The highest BCUT2D eigenvalue weighted by molar-refractivity contribution is 7.13. The Balaban J connectivity index is 1.71. The summed E-state index contributed by atoms with van der Waals surface area (Å²) < 4.78 is 0. The highest BCUT2D eigenvalue weighted by atomic mass is 32.1. The van der Waals surface area contributed by atoms with Crippen LogP contribution in [0.2, 0.25) is 0 Å². The number of aryl methyl sites for hydroxylation is 1. The highest BCUT2D eigenvalue weighted by Crippen LogP contribution is 2.30. The van der Waals surface area contributed by atoms with Gasteiger partial charge in [-0.25, -0.2) is 4.98 Å². The lowest BCUT2D eigenvalue weighted by molar-refractivity contribution is 0.0540. The molecule has 0 unspecified atom stereocenters. The van der Waals surface area contributed by atoms with Crippen LogP contribution in [-0.2, 0) is 6.54 Å². The molecule has 0 aliphatic carbocycles. The van der Waals surface area contributed by atoms with E-state index in [1.54, 1.807) is 11.3 Å². The molecule has 2 aromatic heterocycles. The van der Waals surface area contributed by atoms with Crippen molar-refractivity contribution < 1.29 is 5.11 Å². The molecule has 1 aliphatic rings. The molecule has 4 nitrogen and oxygen atoms in total. The van der Waals surface area contributed by atoms with Crippen molar-refractivity contribution in [2.75, 3.05) is 33.3 Å². The number of aliphatic hydroxyl groups excluding tert-OH is 1. The van der Waals surface area contributed by atoms with E-state index in [1.807, 2.05) is 0 Å². The van der Waals surface area contributed by atoms with Crippen LogP contribution in [0.5, 0.6) is 0 Å². The molecule has 0 radical (unpaired) electrons. The first-order chi connectivity index (χ1) is 12.6. The number of likely N-dealkylation sites (N-methyl/N-ethyl adjacent to an activating group) is 1. The van der Waals surface area contributed by atoms with Gasteiger partial charge in [0.05, 0.1) is 22.7 Å². The monoisotopic (exact) mass is 367 g/mol. The molecule has 3 aromatic rings. The summed E-state index contributed by atoms with van der Waals surface area (Å²) in [5, 5.41) is 12.9. The first kappa shape index (κ1) is 17.6. The summed E-state index contributed by atoms with van der Waals surface area (Å²) in [6.07, 6.45) is 0. The zero-order valence-corrected chi connectivity index (χ0v) is 16.2. The third-order valence-corrected chi connectivity index (χ3v) is 6.15. The lowest BCUT2D eigenvalue weighted by Crippen LogP contribution is -2.52. The molecule has 0 bridgehead atoms. The Bertz CT molecular complexity index is 894. The molecule has 0 saturated carbocycles. The minimum absolute atomic E-state index is 0.208. The van der Waals surface area contributed by atoms with Gasteiger partial charge in [-0.2, -0.15) is 0 Å². The Morgan fingerprint density at radius 1 is 1.23 bits per heavy atom. The van der Waals surface area contributed by atoms with E-state index in [1.165, 1.54) is 21.4 Å². The molecule has 1 N–H and O–H groups in total. The van der Waals surface area contributed by atoms with Crippen LogP contribution in [0.3, 0.4) is 0 Å². The standard InChI is InChI=1S/C21H25N3OS/c1-15-5-6-16-11-17(12-24-8-7-23(2)18(13-24)14-25)21(22-19(16)10-15)20-4-3-9-26-20/h3-6,9-11,18,25H,7-8,12-14H2,1-2H3/t18-/m0/s1. The van der Waals surface area contributed by atoms with E-state index in [2.05, 4.69) is 65.5 Å². The van der Waals surface area contributed by atoms with E-state index in [-0.39, 0.29) is 12.6 Å². The van der Waals surface area contributed by atoms with E-state index in [4.69, 9.17) is 4.98 Å². The number of benzene rings is 1. The van der Waals surface area contributed by atoms with E-state index in [0.29, 0.717) is 0 Å². The maximum Gasteiger partial charge on any atom is 0.0854 e. The van der Waals surface area contributed by atoms with Crippen LogP contribution in [-0.4, -0.2) is 59.2 Å². The number of hydrogen-bond acceptors (Lipinski definition) is 5. The molecule has 136 valence electrons.